The highest BCUT2D eigenvalue weighted by atomic mass is 16.5. The van der Waals surface area contributed by atoms with Crippen molar-refractivity contribution < 1.29 is 14.9 Å². The summed E-state index contributed by atoms with van der Waals surface area (Å²) in [6.07, 6.45) is -1.10. The van der Waals surface area contributed by atoms with Crippen molar-refractivity contribution in [2.75, 3.05) is 0 Å². The number of nitrogens with zero attached hydrogens (tertiary/aromatic N) is 1. The first-order chi connectivity index (χ1) is 8.40. The highest BCUT2D eigenvalue weighted by molar-refractivity contribution is 5.04. The molecule has 1 aliphatic rings. The van der Waals surface area contributed by atoms with E-state index in [9.17, 15) is 19.8 Å². The summed E-state index contributed by atoms with van der Waals surface area (Å²) >= 11 is 0. The van der Waals surface area contributed by atoms with Gasteiger partial charge in [0.05, 0.1) is 6.10 Å². The number of hydrogen-bond donors (Lipinski definition) is 3. The van der Waals surface area contributed by atoms with E-state index in [1.165, 1.54) is 10.8 Å². The summed E-state index contributed by atoms with van der Waals surface area (Å²) in [5.74, 6) is -0.292. The van der Waals surface area contributed by atoms with Crippen LogP contribution in [0.2, 0.25) is 0 Å². The fourth-order valence-corrected chi connectivity index (χ4v) is 1.93. The average molecular weight is 254 g/mol. The van der Waals surface area contributed by atoms with Crippen LogP contribution in [0, 0.1) is 6.92 Å². The molecule has 0 aliphatic carbocycles. The smallest absolute Gasteiger partial charge is 0.330 e. The largest absolute Gasteiger partial charge is 0.510 e. The van der Waals surface area contributed by atoms with Gasteiger partial charge in [0, 0.05) is 18.2 Å². The number of H-pyrrole nitrogens is 1. The summed E-state index contributed by atoms with van der Waals surface area (Å²) in [6.45, 7) is 4.85. The zero-order valence-electron chi connectivity index (χ0n) is 9.79. The van der Waals surface area contributed by atoms with Gasteiger partial charge in [0.25, 0.3) is 5.56 Å². The van der Waals surface area contributed by atoms with Gasteiger partial charge in [-0.15, -0.1) is 0 Å². The van der Waals surface area contributed by atoms with Gasteiger partial charge in [0.1, 0.15) is 18.1 Å². The zero-order valence-corrected chi connectivity index (χ0v) is 9.79. The Labute approximate surface area is 102 Å². The molecular weight excluding hydrogens is 240 g/mol. The molecule has 2 heterocycles. The molecule has 3 atom stereocenters. The van der Waals surface area contributed by atoms with E-state index in [1.54, 1.807) is 6.92 Å². The first-order valence-corrected chi connectivity index (χ1v) is 5.43. The minimum atomic E-state index is -0.938. The Kier molecular flexibility index (Phi) is 3.10. The van der Waals surface area contributed by atoms with Crippen LogP contribution in [0.5, 0.6) is 0 Å². The van der Waals surface area contributed by atoms with E-state index in [0.717, 1.165) is 0 Å². The maximum atomic E-state index is 11.6. The fourth-order valence-electron chi connectivity index (χ4n) is 1.93. The molecule has 0 spiro atoms. The van der Waals surface area contributed by atoms with Crippen LogP contribution >= 0.6 is 0 Å². The number of aromatic amines is 1. The molecule has 2 rings (SSSR count). The van der Waals surface area contributed by atoms with Gasteiger partial charge in [-0.05, 0) is 6.92 Å². The molecule has 7 nitrogen and oxygen atoms in total. The lowest BCUT2D eigenvalue weighted by Gasteiger charge is -2.15. The van der Waals surface area contributed by atoms with Gasteiger partial charge >= 0.3 is 5.69 Å². The Balaban J connectivity index is 2.35. The molecule has 1 aromatic heterocycles. The Bertz CT molecular complexity index is 588. The molecule has 0 radical (unpaired) electrons. The zero-order chi connectivity index (χ0) is 13.4. The molecule has 7 heteroatoms. The van der Waals surface area contributed by atoms with Crippen LogP contribution in [0.4, 0.5) is 0 Å². The van der Waals surface area contributed by atoms with Gasteiger partial charge in [-0.25, -0.2) is 4.79 Å². The second kappa shape index (κ2) is 4.43. The second-order valence-corrected chi connectivity index (χ2v) is 4.28. The quantitative estimate of drug-likeness (QED) is 0.621. The molecule has 0 bridgehead atoms. The predicted octanol–water partition coefficient (Wildman–Crippen LogP) is -0.435. The summed E-state index contributed by atoms with van der Waals surface area (Å²) in [6, 6.07) is 0. The number of ether oxygens (including phenoxy) is 1. The van der Waals surface area contributed by atoms with Crippen LogP contribution in [-0.4, -0.2) is 32.0 Å². The molecule has 18 heavy (non-hydrogen) atoms. The van der Waals surface area contributed by atoms with Crippen LogP contribution in [0.25, 0.3) is 0 Å². The molecule has 1 aliphatic heterocycles. The Morgan fingerprint density at radius 3 is 2.83 bits per heavy atom. The molecule has 98 valence electrons. The molecule has 0 unspecified atom stereocenters. The van der Waals surface area contributed by atoms with E-state index in [0.29, 0.717) is 5.56 Å². The highest BCUT2D eigenvalue weighted by Gasteiger charge is 2.37. The van der Waals surface area contributed by atoms with Crippen LogP contribution in [0.15, 0.2) is 28.1 Å². The normalized spacial score (nSPS) is 27.3. The average Bonchev–Trinajstić information content (AvgIpc) is 2.65. The Morgan fingerprint density at radius 2 is 2.28 bits per heavy atom. The first kappa shape index (κ1) is 12.6. The van der Waals surface area contributed by atoms with E-state index < -0.39 is 29.7 Å². The van der Waals surface area contributed by atoms with Gasteiger partial charge in [0.15, 0.2) is 0 Å². The third-order valence-electron chi connectivity index (χ3n) is 2.88. The van der Waals surface area contributed by atoms with Crippen molar-refractivity contribution >= 4 is 0 Å². The van der Waals surface area contributed by atoms with Crippen molar-refractivity contribution in [3.8, 4) is 0 Å². The first-order valence-electron chi connectivity index (χ1n) is 5.43. The maximum absolute atomic E-state index is 11.6. The molecule has 1 fully saturated rings. The molecule has 0 amide bonds. The minimum absolute atomic E-state index is 0.135. The lowest BCUT2D eigenvalue weighted by Crippen LogP contribution is -2.33. The van der Waals surface area contributed by atoms with Crippen LogP contribution in [0.3, 0.4) is 0 Å². The van der Waals surface area contributed by atoms with Crippen molar-refractivity contribution in [2.45, 2.75) is 31.8 Å². The van der Waals surface area contributed by atoms with Gasteiger partial charge in [-0.1, -0.05) is 6.58 Å². The van der Waals surface area contributed by atoms with Crippen molar-refractivity contribution in [1.82, 2.24) is 9.55 Å². The number of aromatic nitrogens is 2. The van der Waals surface area contributed by atoms with Gasteiger partial charge in [-0.3, -0.25) is 14.3 Å². The third kappa shape index (κ3) is 2.09. The van der Waals surface area contributed by atoms with E-state index in [4.69, 9.17) is 4.74 Å². The lowest BCUT2D eigenvalue weighted by molar-refractivity contribution is -0.0191. The number of nitrogens with one attached hydrogen (secondary N) is 1. The van der Waals surface area contributed by atoms with Gasteiger partial charge in [0.2, 0.25) is 0 Å². The predicted molar refractivity (Wildman–Crippen MR) is 62.4 cm³/mol. The number of hydrogen-bond acceptors (Lipinski definition) is 5. The van der Waals surface area contributed by atoms with E-state index in [1.807, 2.05) is 0 Å². The second-order valence-electron chi connectivity index (χ2n) is 4.28. The molecular formula is C11H14N2O5. The Hall–Kier alpha value is -1.86. The number of aliphatic hydroxyl groups excluding tert-OH is 2. The summed E-state index contributed by atoms with van der Waals surface area (Å²) in [4.78, 5) is 25.0. The molecule has 1 saturated heterocycles. The van der Waals surface area contributed by atoms with E-state index >= 15 is 0 Å². The summed E-state index contributed by atoms with van der Waals surface area (Å²) in [5.41, 5.74) is -0.719. The van der Waals surface area contributed by atoms with Crippen molar-refractivity contribution in [2.24, 2.45) is 0 Å². The molecule has 0 saturated carbocycles. The van der Waals surface area contributed by atoms with Crippen LogP contribution < -0.4 is 11.2 Å². The van der Waals surface area contributed by atoms with Gasteiger partial charge in [-0.2, -0.15) is 0 Å². The number of aliphatic hydroxyl groups is 2. The van der Waals surface area contributed by atoms with Crippen molar-refractivity contribution in [1.29, 1.82) is 0 Å². The monoisotopic (exact) mass is 254 g/mol. The summed E-state index contributed by atoms with van der Waals surface area (Å²) in [7, 11) is 0. The SMILES string of the molecule is C=C(O)[C@@H]1O[C@@H](n2cc(C)c(=O)[nH]c2=O)C[C@H]1O. The number of aryl methyl sites for hydroxylation is 1. The minimum Gasteiger partial charge on any atom is -0.510 e. The van der Waals surface area contributed by atoms with Crippen molar-refractivity contribution in [3.63, 3.8) is 0 Å². The standard InChI is InChI=1S/C11H14N2O5/c1-5-4-13(11(17)12-10(5)16)8-3-7(15)9(18-8)6(2)14/h4,7-9,14-15H,2-3H2,1H3,(H,12,16,17)/t7-,8-,9+/m1/s1. The van der Waals surface area contributed by atoms with Crippen molar-refractivity contribution in [3.05, 3.63) is 44.9 Å². The van der Waals surface area contributed by atoms with Crippen LogP contribution in [0.1, 0.15) is 18.2 Å². The highest BCUT2D eigenvalue weighted by Crippen LogP contribution is 2.30. The van der Waals surface area contributed by atoms with Crippen LogP contribution in [-0.2, 0) is 4.74 Å². The molecule has 0 aromatic carbocycles. The van der Waals surface area contributed by atoms with E-state index in [2.05, 4.69) is 11.6 Å². The molecule has 3 N–H and O–H groups in total. The third-order valence-corrected chi connectivity index (χ3v) is 2.88. The summed E-state index contributed by atoms with van der Waals surface area (Å²) in [5, 5.41) is 18.9. The lowest BCUT2D eigenvalue weighted by atomic mass is 10.1. The topological polar surface area (TPSA) is 105 Å². The molecule has 1 aromatic rings. The Morgan fingerprint density at radius 1 is 1.61 bits per heavy atom. The summed E-state index contributed by atoms with van der Waals surface area (Å²) < 4.78 is 6.52. The van der Waals surface area contributed by atoms with Gasteiger partial charge < -0.3 is 14.9 Å². The number of rotatable bonds is 2. The van der Waals surface area contributed by atoms with E-state index in [-0.39, 0.29) is 12.2 Å². The maximum Gasteiger partial charge on any atom is 0.330 e. The fraction of sp³-hybridized carbons (Fsp3) is 0.455.